The van der Waals surface area contributed by atoms with Gasteiger partial charge in [0.25, 0.3) is 0 Å². The van der Waals surface area contributed by atoms with Gasteiger partial charge in [0.05, 0.1) is 16.6 Å². The summed E-state index contributed by atoms with van der Waals surface area (Å²) in [6, 6.07) is 1.96. The molecule has 2 heterocycles. The van der Waals surface area contributed by atoms with E-state index in [1.54, 1.807) is 17.5 Å². The van der Waals surface area contributed by atoms with Crippen LogP contribution in [0.3, 0.4) is 0 Å². The molecule has 0 saturated carbocycles. The van der Waals surface area contributed by atoms with Crippen LogP contribution >= 0.6 is 11.3 Å². The van der Waals surface area contributed by atoms with Crippen LogP contribution in [-0.2, 0) is 6.54 Å². The molecule has 0 aliphatic heterocycles. The molecule has 3 nitrogen and oxygen atoms in total. The van der Waals surface area contributed by atoms with Crippen molar-refractivity contribution in [1.29, 1.82) is 0 Å². The Balaban J connectivity index is 2.24. The van der Waals surface area contributed by atoms with Crippen molar-refractivity contribution < 1.29 is 4.79 Å². The van der Waals surface area contributed by atoms with Crippen LogP contribution in [-0.4, -0.2) is 15.6 Å². The van der Waals surface area contributed by atoms with Crippen molar-refractivity contribution in [3.63, 3.8) is 0 Å². The minimum atomic E-state index is 0.0774. The summed E-state index contributed by atoms with van der Waals surface area (Å²) in [5.41, 5.74) is 1.86. The molecule has 0 amide bonds. The topological polar surface area (TPSA) is 34.9 Å². The average molecular weight is 248 g/mol. The Labute approximate surface area is 105 Å². The maximum absolute atomic E-state index is 12.2. The van der Waals surface area contributed by atoms with Gasteiger partial charge in [-0.3, -0.25) is 9.48 Å². The first-order valence-corrected chi connectivity index (χ1v) is 6.57. The molecule has 0 N–H and O–H groups in total. The van der Waals surface area contributed by atoms with E-state index in [-0.39, 0.29) is 5.78 Å². The SMILES string of the molecule is CCCn1cc(C(=O)c2cc(C)c(C)s2)cn1. The minimum absolute atomic E-state index is 0.0774. The Morgan fingerprint density at radius 2 is 2.24 bits per heavy atom. The predicted molar refractivity (Wildman–Crippen MR) is 69.7 cm³/mol. The number of thiophene rings is 1. The maximum Gasteiger partial charge on any atom is 0.206 e. The van der Waals surface area contributed by atoms with Crippen molar-refractivity contribution >= 4 is 17.1 Å². The number of aryl methyl sites for hydroxylation is 3. The summed E-state index contributed by atoms with van der Waals surface area (Å²) >= 11 is 1.55. The molecule has 2 aromatic heterocycles. The number of ketones is 1. The second-order valence-corrected chi connectivity index (χ2v) is 5.43. The van der Waals surface area contributed by atoms with Crippen LogP contribution in [0.15, 0.2) is 18.5 Å². The van der Waals surface area contributed by atoms with Crippen molar-refractivity contribution in [3.8, 4) is 0 Å². The quantitative estimate of drug-likeness (QED) is 0.779. The molecule has 90 valence electrons. The van der Waals surface area contributed by atoms with Crippen LogP contribution < -0.4 is 0 Å². The molecule has 0 unspecified atom stereocenters. The molecule has 0 bridgehead atoms. The molecular weight excluding hydrogens is 232 g/mol. The second kappa shape index (κ2) is 4.84. The zero-order valence-electron chi connectivity index (χ0n) is 10.4. The van der Waals surface area contributed by atoms with Crippen LogP contribution in [0, 0.1) is 13.8 Å². The fraction of sp³-hybridized carbons (Fsp3) is 0.385. The summed E-state index contributed by atoms with van der Waals surface area (Å²) in [6.07, 6.45) is 4.51. The van der Waals surface area contributed by atoms with E-state index < -0.39 is 0 Å². The average Bonchev–Trinajstić information content (AvgIpc) is 2.87. The van der Waals surface area contributed by atoms with Crippen molar-refractivity contribution in [3.05, 3.63) is 39.3 Å². The van der Waals surface area contributed by atoms with Crippen molar-refractivity contribution in [1.82, 2.24) is 9.78 Å². The lowest BCUT2D eigenvalue weighted by Crippen LogP contribution is -1.98. The molecule has 4 heteroatoms. The number of hydrogen-bond donors (Lipinski definition) is 0. The maximum atomic E-state index is 12.2. The molecule has 17 heavy (non-hydrogen) atoms. The fourth-order valence-corrected chi connectivity index (χ4v) is 2.66. The van der Waals surface area contributed by atoms with E-state index in [0.717, 1.165) is 17.8 Å². The molecular formula is C13H16N2OS. The third-order valence-electron chi connectivity index (χ3n) is 2.74. The molecule has 2 rings (SSSR count). The highest BCUT2D eigenvalue weighted by Gasteiger charge is 2.14. The second-order valence-electron chi connectivity index (χ2n) is 4.17. The summed E-state index contributed by atoms with van der Waals surface area (Å²) in [4.78, 5) is 14.2. The normalized spacial score (nSPS) is 10.8. The number of aromatic nitrogens is 2. The Bertz CT molecular complexity index is 520. The molecule has 0 saturated heterocycles. The third-order valence-corrected chi connectivity index (χ3v) is 3.89. The van der Waals surface area contributed by atoms with Gasteiger partial charge in [-0.25, -0.2) is 0 Å². The monoisotopic (exact) mass is 248 g/mol. The number of carbonyl (C=O) groups excluding carboxylic acids is 1. The molecule has 0 fully saturated rings. The third kappa shape index (κ3) is 2.47. The van der Waals surface area contributed by atoms with Gasteiger partial charge in [0.1, 0.15) is 0 Å². The lowest BCUT2D eigenvalue weighted by molar-refractivity contribution is 0.104. The van der Waals surface area contributed by atoms with Crippen LogP contribution in [0.4, 0.5) is 0 Å². The van der Waals surface area contributed by atoms with Crippen LogP contribution in [0.2, 0.25) is 0 Å². The standard InChI is InChI=1S/C13H16N2OS/c1-4-5-15-8-11(7-14-15)13(16)12-6-9(2)10(3)17-12/h6-8H,4-5H2,1-3H3. The Hall–Kier alpha value is -1.42. The van der Waals surface area contributed by atoms with Gasteiger partial charge in [0.15, 0.2) is 0 Å². The van der Waals surface area contributed by atoms with E-state index >= 15 is 0 Å². The smallest absolute Gasteiger partial charge is 0.206 e. The van der Waals surface area contributed by atoms with Gasteiger partial charge < -0.3 is 0 Å². The van der Waals surface area contributed by atoms with E-state index in [1.807, 2.05) is 30.8 Å². The van der Waals surface area contributed by atoms with E-state index in [9.17, 15) is 4.79 Å². The highest BCUT2D eigenvalue weighted by atomic mass is 32.1. The highest BCUT2D eigenvalue weighted by Crippen LogP contribution is 2.23. The van der Waals surface area contributed by atoms with Gasteiger partial charge in [-0.15, -0.1) is 11.3 Å². The summed E-state index contributed by atoms with van der Waals surface area (Å²) in [7, 11) is 0. The molecule has 0 radical (unpaired) electrons. The predicted octanol–water partition coefficient (Wildman–Crippen LogP) is 3.20. The van der Waals surface area contributed by atoms with Crippen LogP contribution in [0.1, 0.15) is 39.0 Å². The van der Waals surface area contributed by atoms with Gasteiger partial charge in [-0.05, 0) is 31.9 Å². The lowest BCUT2D eigenvalue weighted by Gasteiger charge is -1.95. The first kappa shape index (κ1) is 12.0. The Morgan fingerprint density at radius 3 is 2.82 bits per heavy atom. The van der Waals surface area contributed by atoms with Gasteiger partial charge in [0.2, 0.25) is 5.78 Å². The molecule has 0 aliphatic carbocycles. The Kier molecular flexibility index (Phi) is 3.43. The molecule has 0 atom stereocenters. The van der Waals surface area contributed by atoms with Gasteiger partial charge in [-0.1, -0.05) is 6.92 Å². The first-order valence-electron chi connectivity index (χ1n) is 5.76. The fourth-order valence-electron chi connectivity index (χ4n) is 1.66. The van der Waals surface area contributed by atoms with Gasteiger partial charge in [-0.2, -0.15) is 5.10 Å². The summed E-state index contributed by atoms with van der Waals surface area (Å²) < 4.78 is 1.82. The number of rotatable bonds is 4. The zero-order valence-corrected chi connectivity index (χ0v) is 11.2. The van der Waals surface area contributed by atoms with Crippen LogP contribution in [0.5, 0.6) is 0 Å². The molecule has 0 aliphatic rings. The molecule has 0 spiro atoms. The largest absolute Gasteiger partial charge is 0.288 e. The van der Waals surface area contributed by atoms with Gasteiger partial charge >= 0.3 is 0 Å². The van der Waals surface area contributed by atoms with E-state index in [1.165, 1.54) is 10.4 Å². The molecule has 0 aromatic carbocycles. The molecule has 2 aromatic rings. The number of hydrogen-bond acceptors (Lipinski definition) is 3. The summed E-state index contributed by atoms with van der Waals surface area (Å²) in [5, 5.41) is 4.18. The number of nitrogens with zero attached hydrogens (tertiary/aromatic N) is 2. The van der Waals surface area contributed by atoms with E-state index in [0.29, 0.717) is 5.56 Å². The van der Waals surface area contributed by atoms with Crippen molar-refractivity contribution in [2.75, 3.05) is 0 Å². The minimum Gasteiger partial charge on any atom is -0.288 e. The zero-order chi connectivity index (χ0) is 12.4. The van der Waals surface area contributed by atoms with E-state index in [2.05, 4.69) is 12.0 Å². The number of carbonyl (C=O) groups is 1. The first-order chi connectivity index (χ1) is 8.11. The Morgan fingerprint density at radius 1 is 1.47 bits per heavy atom. The summed E-state index contributed by atoms with van der Waals surface area (Å²) in [5.74, 6) is 0.0774. The van der Waals surface area contributed by atoms with Crippen molar-refractivity contribution in [2.45, 2.75) is 33.7 Å². The lowest BCUT2D eigenvalue weighted by atomic mass is 10.2. The van der Waals surface area contributed by atoms with E-state index in [4.69, 9.17) is 0 Å². The summed E-state index contributed by atoms with van der Waals surface area (Å²) in [6.45, 7) is 7.02. The van der Waals surface area contributed by atoms with Crippen molar-refractivity contribution in [2.24, 2.45) is 0 Å². The highest BCUT2D eigenvalue weighted by molar-refractivity contribution is 7.14. The van der Waals surface area contributed by atoms with Gasteiger partial charge in [0, 0.05) is 17.6 Å². The van der Waals surface area contributed by atoms with Crippen LogP contribution in [0.25, 0.3) is 0 Å².